The lowest BCUT2D eigenvalue weighted by atomic mass is 10.1. The van der Waals surface area contributed by atoms with Crippen LogP contribution in [0.25, 0.3) is 0 Å². The zero-order valence-electron chi connectivity index (χ0n) is 10.00. The number of anilines is 1. The maximum absolute atomic E-state index is 13.6. The van der Waals surface area contributed by atoms with E-state index in [4.69, 9.17) is 5.73 Å². The zero-order valence-corrected chi connectivity index (χ0v) is 10.8. The second kappa shape index (κ2) is 5.61. The van der Waals surface area contributed by atoms with Crippen LogP contribution in [-0.4, -0.2) is 15.8 Å². The summed E-state index contributed by atoms with van der Waals surface area (Å²) in [6.07, 6.45) is 0. The lowest BCUT2D eigenvalue weighted by Crippen LogP contribution is -2.25. The number of thiazole rings is 1. The van der Waals surface area contributed by atoms with E-state index >= 15 is 0 Å². The smallest absolute Gasteiger partial charge is 0.293 e. The highest BCUT2D eigenvalue weighted by Gasteiger charge is 2.23. The highest BCUT2D eigenvalue weighted by molar-refractivity contribution is 7.07. The van der Waals surface area contributed by atoms with Gasteiger partial charge in [-0.1, -0.05) is 0 Å². The molecule has 0 bridgehead atoms. The number of halogens is 1. The summed E-state index contributed by atoms with van der Waals surface area (Å²) < 4.78 is 13.6. The molecule has 2 rings (SSSR count). The fraction of sp³-hybridized carbons (Fsp3) is 0.0909. The number of nitrogens with one attached hydrogen (secondary N) is 1. The largest absolute Gasteiger partial charge is 0.392 e. The SMILES string of the molecule is Nc1c([N+](=O)[O-])ccc(F)c1C(=O)NCc1cscn1. The second-order valence-corrected chi connectivity index (χ2v) is 4.49. The van der Waals surface area contributed by atoms with E-state index in [1.54, 1.807) is 10.9 Å². The summed E-state index contributed by atoms with van der Waals surface area (Å²) in [5.74, 6) is -1.74. The average molecular weight is 296 g/mol. The Labute approximate surface area is 116 Å². The summed E-state index contributed by atoms with van der Waals surface area (Å²) in [6, 6.07) is 1.76. The number of amides is 1. The maximum Gasteiger partial charge on any atom is 0.293 e. The molecule has 0 aliphatic carbocycles. The summed E-state index contributed by atoms with van der Waals surface area (Å²) in [4.78, 5) is 25.8. The third kappa shape index (κ3) is 2.72. The van der Waals surface area contributed by atoms with Crippen LogP contribution in [0.5, 0.6) is 0 Å². The lowest BCUT2D eigenvalue weighted by Gasteiger charge is -2.07. The topological polar surface area (TPSA) is 111 Å². The van der Waals surface area contributed by atoms with Crippen molar-refractivity contribution in [1.29, 1.82) is 0 Å². The normalized spacial score (nSPS) is 10.2. The highest BCUT2D eigenvalue weighted by atomic mass is 32.1. The Balaban J connectivity index is 2.25. The van der Waals surface area contributed by atoms with E-state index in [0.29, 0.717) is 5.69 Å². The molecule has 20 heavy (non-hydrogen) atoms. The van der Waals surface area contributed by atoms with Gasteiger partial charge in [0, 0.05) is 11.4 Å². The Morgan fingerprint density at radius 1 is 1.55 bits per heavy atom. The van der Waals surface area contributed by atoms with Crippen molar-refractivity contribution in [2.45, 2.75) is 6.54 Å². The van der Waals surface area contributed by atoms with Gasteiger partial charge in [0.25, 0.3) is 11.6 Å². The molecule has 0 saturated carbocycles. The lowest BCUT2D eigenvalue weighted by molar-refractivity contribution is -0.384. The summed E-state index contributed by atoms with van der Waals surface area (Å²) >= 11 is 1.35. The van der Waals surface area contributed by atoms with Crippen molar-refractivity contribution in [3.05, 3.63) is 50.2 Å². The van der Waals surface area contributed by atoms with Gasteiger partial charge in [0.2, 0.25) is 0 Å². The first-order valence-electron chi connectivity index (χ1n) is 5.38. The van der Waals surface area contributed by atoms with Crippen molar-refractivity contribution in [3.8, 4) is 0 Å². The summed E-state index contributed by atoms with van der Waals surface area (Å²) in [5.41, 5.74) is 6.13. The van der Waals surface area contributed by atoms with E-state index in [1.807, 2.05) is 0 Å². The number of hydrogen-bond acceptors (Lipinski definition) is 6. The molecule has 0 fully saturated rings. The number of hydrogen-bond donors (Lipinski definition) is 2. The number of nitro benzene ring substituents is 1. The molecular formula is C11H9FN4O3S. The van der Waals surface area contributed by atoms with Crippen LogP contribution >= 0.6 is 11.3 Å². The summed E-state index contributed by atoms with van der Waals surface area (Å²) in [6.45, 7) is 0.0872. The van der Waals surface area contributed by atoms with Gasteiger partial charge in [0.05, 0.1) is 22.7 Å². The number of benzene rings is 1. The van der Waals surface area contributed by atoms with Crippen LogP contribution in [0.15, 0.2) is 23.0 Å². The van der Waals surface area contributed by atoms with E-state index < -0.39 is 33.6 Å². The first kappa shape index (κ1) is 13.9. The van der Waals surface area contributed by atoms with Crippen LogP contribution in [0.3, 0.4) is 0 Å². The molecule has 9 heteroatoms. The first-order valence-corrected chi connectivity index (χ1v) is 6.32. The number of nitrogens with two attached hydrogens (primary N) is 1. The molecule has 1 aromatic heterocycles. The third-order valence-corrected chi connectivity index (χ3v) is 3.14. The molecule has 7 nitrogen and oxygen atoms in total. The van der Waals surface area contributed by atoms with Crippen molar-refractivity contribution >= 4 is 28.6 Å². The number of nitro groups is 1. The molecule has 1 aromatic carbocycles. The number of nitrogen functional groups attached to an aromatic ring is 1. The van der Waals surface area contributed by atoms with Crippen LogP contribution in [0.4, 0.5) is 15.8 Å². The van der Waals surface area contributed by atoms with Gasteiger partial charge in [-0.05, 0) is 6.07 Å². The van der Waals surface area contributed by atoms with Gasteiger partial charge >= 0.3 is 0 Å². The third-order valence-electron chi connectivity index (χ3n) is 2.51. The van der Waals surface area contributed by atoms with Crippen molar-refractivity contribution in [3.63, 3.8) is 0 Å². The van der Waals surface area contributed by atoms with E-state index in [-0.39, 0.29) is 6.54 Å². The van der Waals surface area contributed by atoms with Crippen molar-refractivity contribution < 1.29 is 14.1 Å². The number of carbonyl (C=O) groups is 1. The van der Waals surface area contributed by atoms with Gasteiger partial charge in [-0.15, -0.1) is 11.3 Å². The maximum atomic E-state index is 13.6. The number of nitrogens with zero attached hydrogens (tertiary/aromatic N) is 2. The molecule has 0 aliphatic heterocycles. The van der Waals surface area contributed by atoms with Gasteiger partial charge in [0.15, 0.2) is 0 Å². The number of carbonyl (C=O) groups excluding carboxylic acids is 1. The molecule has 1 amide bonds. The Morgan fingerprint density at radius 2 is 2.30 bits per heavy atom. The van der Waals surface area contributed by atoms with Crippen LogP contribution < -0.4 is 11.1 Å². The Hall–Kier alpha value is -2.55. The number of rotatable bonds is 4. The van der Waals surface area contributed by atoms with Gasteiger partial charge in [-0.2, -0.15) is 0 Å². The van der Waals surface area contributed by atoms with Crippen LogP contribution in [-0.2, 0) is 6.54 Å². The number of aromatic nitrogens is 1. The molecule has 3 N–H and O–H groups in total. The van der Waals surface area contributed by atoms with E-state index in [0.717, 1.165) is 12.1 Å². The zero-order chi connectivity index (χ0) is 14.7. The average Bonchev–Trinajstić information content (AvgIpc) is 2.89. The van der Waals surface area contributed by atoms with E-state index in [9.17, 15) is 19.3 Å². The van der Waals surface area contributed by atoms with Crippen LogP contribution in [0.2, 0.25) is 0 Å². The minimum atomic E-state index is -0.913. The molecule has 2 aromatic rings. The molecule has 0 aliphatic rings. The Bertz CT molecular complexity index is 660. The predicted octanol–water partition coefficient (Wildman–Crippen LogP) is 1.70. The van der Waals surface area contributed by atoms with Crippen molar-refractivity contribution in [1.82, 2.24) is 10.3 Å². The Morgan fingerprint density at radius 3 is 2.90 bits per heavy atom. The van der Waals surface area contributed by atoms with Gasteiger partial charge in [-0.3, -0.25) is 14.9 Å². The molecule has 0 unspecified atom stereocenters. The van der Waals surface area contributed by atoms with Crippen molar-refractivity contribution in [2.24, 2.45) is 0 Å². The minimum Gasteiger partial charge on any atom is -0.392 e. The van der Waals surface area contributed by atoms with E-state index in [2.05, 4.69) is 10.3 Å². The fourth-order valence-corrected chi connectivity index (χ4v) is 2.11. The molecule has 104 valence electrons. The van der Waals surface area contributed by atoms with Gasteiger partial charge in [0.1, 0.15) is 17.1 Å². The molecule has 1 heterocycles. The standard InChI is InChI=1S/C11H9FN4O3S/c12-7-1-2-8(16(18)19)10(13)9(7)11(17)14-3-6-4-20-5-15-6/h1-2,4-5H,3,13H2,(H,14,17). The van der Waals surface area contributed by atoms with Crippen LogP contribution in [0, 0.1) is 15.9 Å². The summed E-state index contributed by atoms with van der Waals surface area (Å²) in [5, 5.41) is 14.8. The second-order valence-electron chi connectivity index (χ2n) is 3.77. The predicted molar refractivity (Wildman–Crippen MR) is 70.8 cm³/mol. The van der Waals surface area contributed by atoms with Gasteiger partial charge in [-0.25, -0.2) is 9.37 Å². The summed E-state index contributed by atoms with van der Waals surface area (Å²) in [7, 11) is 0. The molecule has 0 radical (unpaired) electrons. The van der Waals surface area contributed by atoms with Gasteiger partial charge < -0.3 is 11.1 Å². The highest BCUT2D eigenvalue weighted by Crippen LogP contribution is 2.27. The minimum absolute atomic E-state index is 0.0872. The Kier molecular flexibility index (Phi) is 3.89. The quantitative estimate of drug-likeness (QED) is 0.506. The molecular weight excluding hydrogens is 287 g/mol. The fourth-order valence-electron chi connectivity index (χ4n) is 1.56. The molecule has 0 saturated heterocycles. The van der Waals surface area contributed by atoms with Crippen molar-refractivity contribution in [2.75, 3.05) is 5.73 Å². The van der Waals surface area contributed by atoms with Crippen LogP contribution in [0.1, 0.15) is 16.1 Å². The first-order chi connectivity index (χ1) is 9.50. The van der Waals surface area contributed by atoms with E-state index in [1.165, 1.54) is 11.3 Å². The molecule has 0 spiro atoms. The molecule has 0 atom stereocenters. The monoisotopic (exact) mass is 296 g/mol.